The van der Waals surface area contributed by atoms with Crippen LogP contribution < -0.4 is 16.0 Å². The van der Waals surface area contributed by atoms with E-state index in [2.05, 4.69) is 26.5 Å². The van der Waals surface area contributed by atoms with E-state index in [0.29, 0.717) is 6.54 Å². The number of hydrogen-bond donors (Lipinski definition) is 2. The third-order valence-corrected chi connectivity index (χ3v) is 3.69. The Morgan fingerprint density at radius 1 is 1.55 bits per heavy atom. The van der Waals surface area contributed by atoms with E-state index in [1.165, 1.54) is 13.2 Å². The molecule has 1 atom stereocenters. The van der Waals surface area contributed by atoms with Crippen molar-refractivity contribution in [3.8, 4) is 5.75 Å². The fourth-order valence-corrected chi connectivity index (χ4v) is 2.63. The molecule has 1 aromatic heterocycles. The Morgan fingerprint density at radius 2 is 2.30 bits per heavy atom. The summed E-state index contributed by atoms with van der Waals surface area (Å²) in [5.41, 5.74) is 4.41. The number of halogens is 2. The van der Waals surface area contributed by atoms with Crippen molar-refractivity contribution in [1.29, 1.82) is 0 Å². The van der Waals surface area contributed by atoms with Crippen LogP contribution in [-0.2, 0) is 6.54 Å². The van der Waals surface area contributed by atoms with Crippen LogP contribution in [0.15, 0.2) is 28.9 Å². The quantitative estimate of drug-likeness (QED) is 0.646. The average molecular weight is 343 g/mol. The largest absolute Gasteiger partial charge is 0.494 e. The van der Waals surface area contributed by atoms with E-state index in [9.17, 15) is 4.39 Å². The minimum atomic E-state index is -0.407. The molecule has 0 bridgehead atoms. The molecule has 3 N–H and O–H groups in total. The smallest absolute Gasteiger partial charge is 0.165 e. The lowest BCUT2D eigenvalue weighted by atomic mass is 10.0. The lowest BCUT2D eigenvalue weighted by Gasteiger charge is -2.19. The fourth-order valence-electron chi connectivity index (χ4n) is 2.10. The van der Waals surface area contributed by atoms with Crippen molar-refractivity contribution < 1.29 is 9.13 Å². The average Bonchev–Trinajstić information content (AvgIpc) is 2.83. The SMILES string of the molecule is CCn1ncc(Br)c1C(NN)c1ccc(F)c(OC)c1. The highest BCUT2D eigenvalue weighted by molar-refractivity contribution is 9.10. The van der Waals surface area contributed by atoms with Crippen LogP contribution in [0.2, 0.25) is 0 Å². The molecule has 7 heteroatoms. The van der Waals surface area contributed by atoms with Crippen molar-refractivity contribution in [1.82, 2.24) is 15.2 Å². The summed E-state index contributed by atoms with van der Waals surface area (Å²) in [6.07, 6.45) is 1.71. The first kappa shape index (κ1) is 15.0. The Hall–Kier alpha value is -1.44. The monoisotopic (exact) mass is 342 g/mol. The minimum Gasteiger partial charge on any atom is -0.494 e. The maximum absolute atomic E-state index is 13.5. The third-order valence-electron chi connectivity index (χ3n) is 3.08. The number of aryl methyl sites for hydroxylation is 1. The summed E-state index contributed by atoms with van der Waals surface area (Å²) in [6.45, 7) is 2.69. The second kappa shape index (κ2) is 6.34. The van der Waals surface area contributed by atoms with E-state index in [1.807, 2.05) is 11.6 Å². The first-order valence-electron chi connectivity index (χ1n) is 6.13. The molecule has 108 valence electrons. The number of nitrogens with one attached hydrogen (secondary N) is 1. The van der Waals surface area contributed by atoms with Crippen LogP contribution in [0.1, 0.15) is 24.2 Å². The lowest BCUT2D eigenvalue weighted by Crippen LogP contribution is -2.31. The number of hydrazine groups is 1. The Kier molecular flexibility index (Phi) is 4.74. The van der Waals surface area contributed by atoms with Gasteiger partial charge >= 0.3 is 0 Å². The van der Waals surface area contributed by atoms with Gasteiger partial charge in [-0.3, -0.25) is 10.5 Å². The van der Waals surface area contributed by atoms with Crippen LogP contribution >= 0.6 is 15.9 Å². The molecule has 1 unspecified atom stereocenters. The molecule has 0 aliphatic heterocycles. The summed E-state index contributed by atoms with van der Waals surface area (Å²) >= 11 is 3.46. The molecule has 1 aromatic carbocycles. The van der Waals surface area contributed by atoms with E-state index in [4.69, 9.17) is 10.6 Å². The Labute approximate surface area is 125 Å². The molecule has 0 spiro atoms. The standard InChI is InChI=1S/C13H16BrFN4O/c1-3-19-13(9(14)7-17-19)12(18-16)8-4-5-10(15)11(6-8)20-2/h4-7,12,18H,3,16H2,1-2H3. The number of nitrogens with two attached hydrogens (primary N) is 1. The Bertz CT molecular complexity index is 602. The van der Waals surface area contributed by atoms with Crippen LogP contribution in [-0.4, -0.2) is 16.9 Å². The molecule has 0 saturated heterocycles. The van der Waals surface area contributed by atoms with Gasteiger partial charge in [0.25, 0.3) is 0 Å². The number of ether oxygens (including phenoxy) is 1. The molecule has 0 radical (unpaired) electrons. The van der Waals surface area contributed by atoms with Crippen LogP contribution in [0, 0.1) is 5.82 Å². The molecular weight excluding hydrogens is 327 g/mol. The zero-order valence-corrected chi connectivity index (χ0v) is 12.8. The van der Waals surface area contributed by atoms with Gasteiger partial charge in [0, 0.05) is 6.54 Å². The van der Waals surface area contributed by atoms with Crippen LogP contribution in [0.25, 0.3) is 0 Å². The van der Waals surface area contributed by atoms with Crippen molar-refractivity contribution in [2.75, 3.05) is 7.11 Å². The van der Waals surface area contributed by atoms with Gasteiger partial charge in [0.15, 0.2) is 11.6 Å². The van der Waals surface area contributed by atoms with E-state index >= 15 is 0 Å². The fraction of sp³-hybridized carbons (Fsp3) is 0.308. The van der Waals surface area contributed by atoms with Crippen molar-refractivity contribution >= 4 is 15.9 Å². The van der Waals surface area contributed by atoms with Crippen molar-refractivity contribution in [3.05, 3.63) is 45.9 Å². The van der Waals surface area contributed by atoms with Gasteiger partial charge in [0.1, 0.15) is 0 Å². The van der Waals surface area contributed by atoms with Gasteiger partial charge < -0.3 is 4.74 Å². The summed E-state index contributed by atoms with van der Waals surface area (Å²) in [4.78, 5) is 0. The normalized spacial score (nSPS) is 12.4. The van der Waals surface area contributed by atoms with E-state index in [1.54, 1.807) is 18.3 Å². The minimum absolute atomic E-state index is 0.182. The zero-order chi connectivity index (χ0) is 14.7. The topological polar surface area (TPSA) is 65.1 Å². The molecule has 0 amide bonds. The van der Waals surface area contributed by atoms with E-state index in [0.717, 1.165) is 15.7 Å². The highest BCUT2D eigenvalue weighted by Crippen LogP contribution is 2.30. The molecule has 2 rings (SSSR count). The molecule has 5 nitrogen and oxygen atoms in total. The first-order chi connectivity index (χ1) is 9.62. The second-order valence-corrected chi connectivity index (χ2v) is 5.04. The van der Waals surface area contributed by atoms with Gasteiger partial charge in [-0.05, 0) is 40.5 Å². The van der Waals surface area contributed by atoms with Crippen molar-refractivity contribution in [3.63, 3.8) is 0 Å². The van der Waals surface area contributed by atoms with Crippen molar-refractivity contribution in [2.45, 2.75) is 19.5 Å². The number of benzene rings is 1. The van der Waals surface area contributed by atoms with Gasteiger partial charge in [-0.2, -0.15) is 5.10 Å². The van der Waals surface area contributed by atoms with Crippen LogP contribution in [0.5, 0.6) is 5.75 Å². The summed E-state index contributed by atoms with van der Waals surface area (Å²) in [7, 11) is 1.43. The van der Waals surface area contributed by atoms with Gasteiger partial charge in [-0.1, -0.05) is 6.07 Å². The molecular formula is C13H16BrFN4O. The number of rotatable bonds is 5. The van der Waals surface area contributed by atoms with E-state index in [-0.39, 0.29) is 11.8 Å². The summed E-state index contributed by atoms with van der Waals surface area (Å²) in [5, 5.41) is 4.26. The summed E-state index contributed by atoms with van der Waals surface area (Å²) in [5.74, 6) is 5.45. The number of aromatic nitrogens is 2. The Balaban J connectivity index is 2.49. The van der Waals surface area contributed by atoms with Gasteiger partial charge in [-0.25, -0.2) is 9.82 Å². The predicted octanol–water partition coefficient (Wildman–Crippen LogP) is 2.37. The molecule has 0 aliphatic carbocycles. The molecule has 0 aliphatic rings. The third kappa shape index (κ3) is 2.70. The highest BCUT2D eigenvalue weighted by atomic mass is 79.9. The molecule has 0 saturated carbocycles. The molecule has 20 heavy (non-hydrogen) atoms. The van der Waals surface area contributed by atoms with Crippen LogP contribution in [0.3, 0.4) is 0 Å². The lowest BCUT2D eigenvalue weighted by molar-refractivity contribution is 0.385. The highest BCUT2D eigenvalue weighted by Gasteiger charge is 2.21. The van der Waals surface area contributed by atoms with Crippen molar-refractivity contribution in [2.24, 2.45) is 5.84 Å². The maximum Gasteiger partial charge on any atom is 0.165 e. The number of hydrogen-bond acceptors (Lipinski definition) is 4. The van der Waals surface area contributed by atoms with Gasteiger partial charge in [0.05, 0.1) is 29.5 Å². The second-order valence-electron chi connectivity index (χ2n) is 4.19. The molecule has 0 fully saturated rings. The molecule has 2 aromatic rings. The van der Waals surface area contributed by atoms with Gasteiger partial charge in [-0.15, -0.1) is 0 Å². The number of nitrogens with zero attached hydrogens (tertiary/aromatic N) is 2. The maximum atomic E-state index is 13.5. The van der Waals surface area contributed by atoms with Gasteiger partial charge in [0.2, 0.25) is 0 Å². The van der Waals surface area contributed by atoms with E-state index < -0.39 is 5.82 Å². The predicted molar refractivity (Wildman–Crippen MR) is 77.7 cm³/mol. The summed E-state index contributed by atoms with van der Waals surface area (Å²) < 4.78 is 21.2. The number of methoxy groups -OCH3 is 1. The first-order valence-corrected chi connectivity index (χ1v) is 6.92. The van der Waals surface area contributed by atoms with Crippen LogP contribution in [0.4, 0.5) is 4.39 Å². The Morgan fingerprint density at radius 3 is 2.90 bits per heavy atom. The zero-order valence-electron chi connectivity index (χ0n) is 11.2. The molecule has 1 heterocycles. The summed E-state index contributed by atoms with van der Waals surface area (Å²) in [6, 6.07) is 4.33.